The SMILES string of the molecule is Cn1cc(Br)c(Cn2cc(S(C)(=O)=O)cn2)n1. The lowest BCUT2D eigenvalue weighted by molar-refractivity contribution is 0.601. The van der Waals surface area contributed by atoms with Crippen LogP contribution in [-0.4, -0.2) is 34.2 Å². The molecule has 0 aliphatic carbocycles. The molecule has 0 spiro atoms. The summed E-state index contributed by atoms with van der Waals surface area (Å²) in [5, 5.41) is 8.23. The van der Waals surface area contributed by atoms with E-state index >= 15 is 0 Å². The normalized spacial score (nSPS) is 11.9. The third-order valence-electron chi connectivity index (χ3n) is 2.20. The predicted molar refractivity (Wildman–Crippen MR) is 65.3 cm³/mol. The van der Waals surface area contributed by atoms with Gasteiger partial charge in [-0.2, -0.15) is 10.2 Å². The van der Waals surface area contributed by atoms with Gasteiger partial charge < -0.3 is 0 Å². The van der Waals surface area contributed by atoms with Crippen LogP contribution in [-0.2, 0) is 23.4 Å². The van der Waals surface area contributed by atoms with E-state index in [0.717, 1.165) is 16.4 Å². The van der Waals surface area contributed by atoms with Gasteiger partial charge in [-0.25, -0.2) is 8.42 Å². The summed E-state index contributed by atoms with van der Waals surface area (Å²) in [6.07, 6.45) is 5.82. The first kappa shape index (κ1) is 12.3. The Morgan fingerprint density at radius 3 is 2.59 bits per heavy atom. The second-order valence-electron chi connectivity index (χ2n) is 3.74. The molecule has 92 valence electrons. The van der Waals surface area contributed by atoms with Gasteiger partial charge in [0.15, 0.2) is 9.84 Å². The maximum absolute atomic E-state index is 11.3. The van der Waals surface area contributed by atoms with Crippen molar-refractivity contribution in [1.29, 1.82) is 0 Å². The van der Waals surface area contributed by atoms with Gasteiger partial charge in [-0.15, -0.1) is 0 Å². The minimum atomic E-state index is -3.20. The quantitative estimate of drug-likeness (QED) is 0.840. The fraction of sp³-hybridized carbons (Fsp3) is 0.333. The van der Waals surface area contributed by atoms with Gasteiger partial charge in [0, 0.05) is 25.7 Å². The minimum Gasteiger partial charge on any atom is -0.274 e. The molecular formula is C9H11BrN4O2S. The van der Waals surface area contributed by atoms with Gasteiger partial charge in [0.25, 0.3) is 0 Å². The summed E-state index contributed by atoms with van der Waals surface area (Å²) in [4.78, 5) is 0.213. The Balaban J connectivity index is 2.26. The highest BCUT2D eigenvalue weighted by molar-refractivity contribution is 9.10. The average molecular weight is 319 g/mol. The number of hydrogen-bond donors (Lipinski definition) is 0. The van der Waals surface area contributed by atoms with Crippen LogP contribution in [0.25, 0.3) is 0 Å². The van der Waals surface area contributed by atoms with Gasteiger partial charge in [0.2, 0.25) is 0 Å². The third-order valence-corrected chi connectivity index (χ3v) is 3.93. The maximum atomic E-state index is 11.3. The van der Waals surface area contributed by atoms with Crippen molar-refractivity contribution in [1.82, 2.24) is 19.6 Å². The summed E-state index contributed by atoms with van der Waals surface area (Å²) in [7, 11) is -1.38. The molecule has 6 nitrogen and oxygen atoms in total. The van der Waals surface area contributed by atoms with Gasteiger partial charge in [-0.3, -0.25) is 9.36 Å². The molecule has 2 aromatic rings. The summed E-state index contributed by atoms with van der Waals surface area (Å²) < 4.78 is 26.7. The van der Waals surface area contributed by atoms with E-state index in [9.17, 15) is 8.42 Å². The molecule has 0 atom stereocenters. The predicted octanol–water partition coefficient (Wildman–Crippen LogP) is 0.831. The number of rotatable bonds is 3. The summed E-state index contributed by atoms with van der Waals surface area (Å²) >= 11 is 3.38. The summed E-state index contributed by atoms with van der Waals surface area (Å²) in [5.74, 6) is 0. The van der Waals surface area contributed by atoms with Crippen LogP contribution in [0.1, 0.15) is 5.69 Å². The fourth-order valence-corrected chi connectivity index (χ4v) is 2.44. The molecule has 0 fully saturated rings. The number of nitrogens with zero attached hydrogens (tertiary/aromatic N) is 4. The van der Waals surface area contributed by atoms with Crippen molar-refractivity contribution in [2.45, 2.75) is 11.4 Å². The van der Waals surface area contributed by atoms with Gasteiger partial charge in [-0.1, -0.05) is 0 Å². The first-order valence-corrected chi connectivity index (χ1v) is 7.45. The van der Waals surface area contributed by atoms with E-state index in [4.69, 9.17) is 0 Å². The van der Waals surface area contributed by atoms with E-state index in [-0.39, 0.29) is 4.90 Å². The average Bonchev–Trinajstić information content (AvgIpc) is 2.74. The monoisotopic (exact) mass is 318 g/mol. The van der Waals surface area contributed by atoms with Crippen LogP contribution in [0.15, 0.2) is 28.0 Å². The Bertz CT molecular complexity index is 644. The Hall–Kier alpha value is -1.15. The highest BCUT2D eigenvalue weighted by atomic mass is 79.9. The van der Waals surface area contributed by atoms with Crippen LogP contribution in [0, 0.1) is 0 Å². The minimum absolute atomic E-state index is 0.213. The number of aryl methyl sites for hydroxylation is 1. The molecule has 2 aromatic heterocycles. The van der Waals surface area contributed by atoms with E-state index in [1.807, 2.05) is 13.2 Å². The maximum Gasteiger partial charge on any atom is 0.178 e. The molecule has 0 amide bonds. The molecule has 0 N–H and O–H groups in total. The number of halogens is 1. The zero-order valence-electron chi connectivity index (χ0n) is 9.33. The molecule has 0 aromatic carbocycles. The van der Waals surface area contributed by atoms with Crippen molar-refractivity contribution in [2.24, 2.45) is 7.05 Å². The second-order valence-corrected chi connectivity index (χ2v) is 6.61. The summed E-state index contributed by atoms with van der Waals surface area (Å²) in [6.45, 7) is 0.428. The summed E-state index contributed by atoms with van der Waals surface area (Å²) in [6, 6.07) is 0. The molecule has 8 heteroatoms. The standard InChI is InChI=1S/C9H11BrN4O2S/c1-13-5-8(10)9(12-13)6-14-4-7(3-11-14)17(2,15)16/h3-5H,6H2,1-2H3. The number of sulfone groups is 1. The zero-order valence-corrected chi connectivity index (χ0v) is 11.7. The van der Waals surface area contributed by atoms with Gasteiger partial charge in [0.05, 0.1) is 22.9 Å². The lowest BCUT2D eigenvalue weighted by atomic mass is 10.4. The molecule has 2 heterocycles. The number of aromatic nitrogens is 4. The highest BCUT2D eigenvalue weighted by Crippen LogP contribution is 2.16. The molecule has 0 radical (unpaired) electrons. The lowest BCUT2D eigenvalue weighted by Crippen LogP contribution is -2.02. The molecule has 0 aliphatic heterocycles. The van der Waals surface area contributed by atoms with Crippen LogP contribution < -0.4 is 0 Å². The smallest absolute Gasteiger partial charge is 0.178 e. The Morgan fingerprint density at radius 2 is 2.12 bits per heavy atom. The van der Waals surface area contributed by atoms with E-state index < -0.39 is 9.84 Å². The molecule has 0 unspecified atom stereocenters. The largest absolute Gasteiger partial charge is 0.274 e. The van der Waals surface area contributed by atoms with Crippen LogP contribution in [0.5, 0.6) is 0 Å². The molecule has 0 saturated heterocycles. The van der Waals surface area contributed by atoms with Crippen molar-refractivity contribution in [2.75, 3.05) is 6.26 Å². The Morgan fingerprint density at radius 1 is 1.41 bits per heavy atom. The van der Waals surface area contributed by atoms with E-state index in [1.165, 1.54) is 12.4 Å². The molecule has 2 rings (SSSR count). The Labute approximate surface area is 107 Å². The van der Waals surface area contributed by atoms with Gasteiger partial charge in [-0.05, 0) is 15.9 Å². The van der Waals surface area contributed by atoms with Crippen LogP contribution in [0.3, 0.4) is 0 Å². The van der Waals surface area contributed by atoms with Crippen LogP contribution in [0.4, 0.5) is 0 Å². The van der Waals surface area contributed by atoms with E-state index in [2.05, 4.69) is 26.1 Å². The Kier molecular flexibility index (Phi) is 3.09. The van der Waals surface area contributed by atoms with Crippen molar-refractivity contribution in [3.63, 3.8) is 0 Å². The van der Waals surface area contributed by atoms with E-state index in [1.54, 1.807) is 9.36 Å². The molecule has 0 saturated carbocycles. The second kappa shape index (κ2) is 4.26. The van der Waals surface area contributed by atoms with Gasteiger partial charge in [0.1, 0.15) is 4.90 Å². The molecular weight excluding hydrogens is 308 g/mol. The molecule has 0 aliphatic rings. The lowest BCUT2D eigenvalue weighted by Gasteiger charge is -1.97. The van der Waals surface area contributed by atoms with Crippen molar-refractivity contribution in [3.05, 3.63) is 28.8 Å². The first-order chi connectivity index (χ1) is 7.86. The molecule has 17 heavy (non-hydrogen) atoms. The summed E-state index contributed by atoms with van der Waals surface area (Å²) in [5.41, 5.74) is 0.802. The number of hydrogen-bond acceptors (Lipinski definition) is 4. The third kappa shape index (κ3) is 2.75. The fourth-order valence-electron chi connectivity index (χ4n) is 1.39. The van der Waals surface area contributed by atoms with Gasteiger partial charge >= 0.3 is 0 Å². The molecule has 0 bridgehead atoms. The topological polar surface area (TPSA) is 69.8 Å². The van der Waals surface area contributed by atoms with Crippen molar-refractivity contribution < 1.29 is 8.42 Å². The zero-order chi connectivity index (χ0) is 12.6. The highest BCUT2D eigenvalue weighted by Gasteiger charge is 2.11. The first-order valence-electron chi connectivity index (χ1n) is 4.77. The van der Waals surface area contributed by atoms with Crippen LogP contribution >= 0.6 is 15.9 Å². The van der Waals surface area contributed by atoms with Crippen molar-refractivity contribution >= 4 is 25.8 Å². The van der Waals surface area contributed by atoms with E-state index in [0.29, 0.717) is 6.54 Å². The van der Waals surface area contributed by atoms with Crippen LogP contribution in [0.2, 0.25) is 0 Å². The van der Waals surface area contributed by atoms with Crippen molar-refractivity contribution in [3.8, 4) is 0 Å².